The minimum atomic E-state index is -1.55. The van der Waals surface area contributed by atoms with Gasteiger partial charge in [0.2, 0.25) is 0 Å². The van der Waals surface area contributed by atoms with Crippen LogP contribution in [0.25, 0.3) is 0 Å². The Morgan fingerprint density at radius 2 is 1.59 bits per heavy atom. The first-order chi connectivity index (χ1) is 23.9. The normalized spacial score (nSPS) is 54.2. The minimum Gasteiger partial charge on any atom is -0.481 e. The topological polar surface area (TPSA) is 142 Å². The van der Waals surface area contributed by atoms with E-state index in [4.69, 9.17) is 33.2 Å². The molecule has 6 aliphatic heterocycles. The highest BCUT2D eigenvalue weighted by Crippen LogP contribution is 2.57. The maximum atomic E-state index is 11.8. The van der Waals surface area contributed by atoms with Gasteiger partial charge in [0.1, 0.15) is 0 Å². The van der Waals surface area contributed by atoms with Crippen LogP contribution in [0.4, 0.5) is 0 Å². The van der Waals surface area contributed by atoms with Gasteiger partial charge in [-0.25, -0.2) is 0 Å². The van der Waals surface area contributed by atoms with Crippen molar-refractivity contribution in [3.63, 3.8) is 0 Å². The number of ether oxygens (including phenoxy) is 7. The fourth-order valence-electron chi connectivity index (χ4n) is 11.3. The summed E-state index contributed by atoms with van der Waals surface area (Å²) < 4.78 is 47.0. The van der Waals surface area contributed by atoms with Crippen molar-refractivity contribution in [2.75, 3.05) is 13.7 Å². The molecule has 6 saturated heterocycles. The third-order valence-corrected chi connectivity index (χ3v) is 14.4. The third-order valence-electron chi connectivity index (χ3n) is 14.4. The lowest BCUT2D eigenvalue weighted by Gasteiger charge is -2.50. The maximum absolute atomic E-state index is 11.8. The molecule has 0 radical (unpaired) electrons. The second-order valence-electron chi connectivity index (χ2n) is 18.4. The van der Waals surface area contributed by atoms with E-state index < -0.39 is 41.3 Å². The van der Waals surface area contributed by atoms with E-state index in [1.807, 2.05) is 6.92 Å². The first-order valence-electron chi connectivity index (χ1n) is 20.0. The number of carboxylic acid groups (broad SMARTS) is 1. The van der Waals surface area contributed by atoms with Crippen molar-refractivity contribution in [3.05, 3.63) is 0 Å². The molecule has 0 aromatic carbocycles. The van der Waals surface area contributed by atoms with Gasteiger partial charge >= 0.3 is 5.97 Å². The smallest absolute Gasteiger partial charge is 0.308 e. The van der Waals surface area contributed by atoms with Crippen LogP contribution in [0.5, 0.6) is 0 Å². The highest BCUT2D eigenvalue weighted by Gasteiger charge is 2.65. The van der Waals surface area contributed by atoms with E-state index in [-0.39, 0.29) is 84.3 Å². The van der Waals surface area contributed by atoms with E-state index in [0.29, 0.717) is 6.42 Å². The van der Waals surface area contributed by atoms with Crippen molar-refractivity contribution >= 4 is 5.97 Å². The summed E-state index contributed by atoms with van der Waals surface area (Å²) in [4.78, 5) is 11.8. The quantitative estimate of drug-likeness (QED) is 0.269. The van der Waals surface area contributed by atoms with Crippen LogP contribution < -0.4 is 0 Å². The number of carbonyl (C=O) groups is 1. The van der Waals surface area contributed by atoms with Crippen LogP contribution >= 0.6 is 0 Å². The number of carboxylic acids is 1. The molecule has 11 heteroatoms. The molecule has 1 spiro atoms. The Labute approximate surface area is 305 Å². The van der Waals surface area contributed by atoms with Crippen molar-refractivity contribution in [2.45, 2.75) is 192 Å². The molecule has 0 saturated carbocycles. The Balaban J connectivity index is 1.13. The van der Waals surface area contributed by atoms with Gasteiger partial charge in [-0.15, -0.1) is 0 Å². The lowest BCUT2D eigenvalue weighted by atomic mass is 9.78. The molecule has 3 N–H and O–H groups in total. The number of hydrogen-bond acceptors (Lipinski definition) is 10. The summed E-state index contributed by atoms with van der Waals surface area (Å²) >= 11 is 0. The van der Waals surface area contributed by atoms with Crippen LogP contribution in [0, 0.1) is 41.4 Å². The average molecular weight is 725 g/mol. The van der Waals surface area contributed by atoms with Crippen LogP contribution in [-0.4, -0.2) is 107 Å². The number of aliphatic hydroxyl groups is 2. The predicted octanol–water partition coefficient (Wildman–Crippen LogP) is 5.71. The third kappa shape index (κ3) is 7.19. The standard InChI is InChI=1S/C40H68O11/c1-21-11-12-28(46-33(21)26(6)36(42)43)17-29-18-30(45-10)27(7)40(48-29)25(5)19-38(9,51-40)32-13-14-37(8,49-32)35-23(3)16-31(47-35)34-22(2)15-24(4)39(44,20-41)50-34/h21-35,41,44H,11-20H2,1-10H3,(H,42,43)/t21-,22-,23-,24+,25+,26+,27+,28+,29+,30+,31+,32-,33+,34-,35+,37-,38-,39-,40-/m0/s1. The molecule has 6 fully saturated rings. The van der Waals surface area contributed by atoms with E-state index in [2.05, 4.69) is 48.5 Å². The Morgan fingerprint density at radius 1 is 0.863 bits per heavy atom. The Hall–Kier alpha value is -0.890. The molecule has 6 heterocycles. The van der Waals surface area contributed by atoms with Gasteiger partial charge in [0, 0.05) is 37.7 Å². The summed E-state index contributed by atoms with van der Waals surface area (Å²) in [7, 11) is 1.77. The fraction of sp³-hybridized carbons (Fsp3) is 0.975. The van der Waals surface area contributed by atoms with Gasteiger partial charge in [-0.3, -0.25) is 4.79 Å². The van der Waals surface area contributed by atoms with Gasteiger partial charge in [-0.2, -0.15) is 0 Å². The molecular formula is C40H68O11. The highest BCUT2D eigenvalue weighted by atomic mass is 16.7. The van der Waals surface area contributed by atoms with Crippen molar-refractivity contribution in [1.29, 1.82) is 0 Å². The second-order valence-corrected chi connectivity index (χ2v) is 18.4. The molecule has 11 nitrogen and oxygen atoms in total. The monoisotopic (exact) mass is 724 g/mol. The van der Waals surface area contributed by atoms with Gasteiger partial charge in [0.15, 0.2) is 11.6 Å². The largest absolute Gasteiger partial charge is 0.481 e. The first kappa shape index (κ1) is 39.8. The molecule has 0 aromatic heterocycles. The zero-order valence-electron chi connectivity index (χ0n) is 32.8. The average Bonchev–Trinajstić information content (AvgIpc) is 3.75. The summed E-state index contributed by atoms with van der Waals surface area (Å²) in [5.41, 5.74) is -1.10. The number of rotatable bonds is 9. The van der Waals surface area contributed by atoms with Gasteiger partial charge in [-0.05, 0) is 83.5 Å². The number of hydrogen-bond donors (Lipinski definition) is 3. The first-order valence-corrected chi connectivity index (χ1v) is 20.0. The van der Waals surface area contributed by atoms with Crippen LogP contribution in [-0.2, 0) is 38.0 Å². The number of aliphatic hydroxyl groups excluding tert-OH is 1. The lowest BCUT2D eigenvalue weighted by molar-refractivity contribution is -0.353. The molecule has 0 aliphatic carbocycles. The molecule has 0 amide bonds. The zero-order valence-corrected chi connectivity index (χ0v) is 32.8. The predicted molar refractivity (Wildman–Crippen MR) is 189 cm³/mol. The fourth-order valence-corrected chi connectivity index (χ4v) is 11.3. The molecule has 0 bridgehead atoms. The van der Waals surface area contributed by atoms with Crippen molar-refractivity contribution in [3.8, 4) is 0 Å². The summed E-state index contributed by atoms with van der Waals surface area (Å²) in [6.07, 6.45) is 5.85. The van der Waals surface area contributed by atoms with E-state index in [0.717, 1.165) is 51.4 Å². The summed E-state index contributed by atoms with van der Waals surface area (Å²) in [5.74, 6) is -3.26. The minimum absolute atomic E-state index is 0.00727. The summed E-state index contributed by atoms with van der Waals surface area (Å²) in [6.45, 7) is 18.4. The molecule has 0 unspecified atom stereocenters. The lowest BCUT2D eigenvalue weighted by Crippen LogP contribution is -2.58. The van der Waals surface area contributed by atoms with Crippen molar-refractivity contribution in [1.82, 2.24) is 0 Å². The maximum Gasteiger partial charge on any atom is 0.308 e. The molecule has 6 aliphatic rings. The second kappa shape index (κ2) is 14.6. The van der Waals surface area contributed by atoms with Gasteiger partial charge in [-0.1, -0.05) is 41.5 Å². The summed E-state index contributed by atoms with van der Waals surface area (Å²) in [6, 6.07) is 0. The van der Waals surface area contributed by atoms with Crippen LogP contribution in [0.2, 0.25) is 0 Å². The van der Waals surface area contributed by atoms with Crippen LogP contribution in [0.1, 0.15) is 120 Å². The van der Waals surface area contributed by atoms with Gasteiger partial charge in [0.05, 0.1) is 72.6 Å². The number of methoxy groups -OCH3 is 1. The molecule has 0 aromatic rings. The van der Waals surface area contributed by atoms with Crippen molar-refractivity contribution in [2.24, 2.45) is 41.4 Å². The van der Waals surface area contributed by atoms with Gasteiger partial charge < -0.3 is 48.5 Å². The van der Waals surface area contributed by atoms with E-state index in [1.165, 1.54) is 0 Å². The van der Waals surface area contributed by atoms with Gasteiger partial charge in [0.25, 0.3) is 0 Å². The van der Waals surface area contributed by atoms with Crippen LogP contribution in [0.3, 0.4) is 0 Å². The van der Waals surface area contributed by atoms with Crippen molar-refractivity contribution < 1.29 is 53.3 Å². The highest BCUT2D eigenvalue weighted by molar-refractivity contribution is 5.70. The molecule has 294 valence electrons. The van der Waals surface area contributed by atoms with E-state index >= 15 is 0 Å². The van der Waals surface area contributed by atoms with E-state index in [1.54, 1.807) is 14.0 Å². The van der Waals surface area contributed by atoms with E-state index in [9.17, 15) is 20.1 Å². The summed E-state index contributed by atoms with van der Waals surface area (Å²) in [5, 5.41) is 30.7. The Bertz CT molecular complexity index is 1230. The molecule has 6 rings (SSSR count). The zero-order chi connectivity index (χ0) is 37.3. The molecule has 51 heavy (non-hydrogen) atoms. The molecular weight excluding hydrogens is 656 g/mol. The number of aliphatic carboxylic acids is 1. The Morgan fingerprint density at radius 3 is 2.25 bits per heavy atom. The SMILES string of the molecule is CO[C@@H]1C[C@@H](C[C@H]2CC[C@H](C)[C@H]([C@@H](C)C(=O)O)O2)O[C@@]2(O[C@](C)([C@@H]3CC[C@@](C)([C@@H]4O[C@@H]([C@H]5O[C@@](O)(CO)[C@H](C)C[C@@H]5C)C[C@@H]4C)O3)C[C@H]2C)[C@@H]1C. The van der Waals surface area contributed by atoms with Crippen LogP contribution in [0.15, 0.2) is 0 Å². The Kier molecular flexibility index (Phi) is 11.4. The molecule has 19 atom stereocenters.